The molecule has 1 aliphatic rings. The molecule has 6 nitrogen and oxygen atoms in total. The quantitative estimate of drug-likeness (QED) is 0.723. The first-order valence-electron chi connectivity index (χ1n) is 7.96. The molecule has 1 aliphatic heterocycles. The highest BCUT2D eigenvalue weighted by Crippen LogP contribution is 2.36. The number of hydrogen-bond donors (Lipinski definition) is 2. The SMILES string of the molecule is COCCNC(=O)CNC(=O)C1(c2cccc(Cl)c2)CCOCC1. The number of methoxy groups -OCH3 is 1. The van der Waals surface area contributed by atoms with E-state index in [0.717, 1.165) is 5.56 Å². The van der Waals surface area contributed by atoms with Crippen molar-refractivity contribution in [3.05, 3.63) is 34.9 Å². The van der Waals surface area contributed by atoms with Gasteiger partial charge in [-0.25, -0.2) is 0 Å². The van der Waals surface area contributed by atoms with Crippen LogP contribution in [0.15, 0.2) is 24.3 Å². The predicted octanol–water partition coefficient (Wildman–Crippen LogP) is 1.27. The van der Waals surface area contributed by atoms with E-state index >= 15 is 0 Å². The molecule has 1 aromatic rings. The number of nitrogens with one attached hydrogen (secondary N) is 2. The Labute approximate surface area is 146 Å². The summed E-state index contributed by atoms with van der Waals surface area (Å²) in [6.45, 7) is 1.79. The predicted molar refractivity (Wildman–Crippen MR) is 91.1 cm³/mol. The summed E-state index contributed by atoms with van der Waals surface area (Å²) in [5.41, 5.74) is 0.145. The second kappa shape index (κ2) is 9.01. The summed E-state index contributed by atoms with van der Waals surface area (Å²) in [5, 5.41) is 6.01. The minimum atomic E-state index is -0.712. The third-order valence-electron chi connectivity index (χ3n) is 4.20. The molecule has 0 aliphatic carbocycles. The molecule has 1 aromatic carbocycles. The van der Waals surface area contributed by atoms with Crippen molar-refractivity contribution in [3.8, 4) is 0 Å². The molecule has 0 spiro atoms. The lowest BCUT2D eigenvalue weighted by molar-refractivity contribution is -0.132. The van der Waals surface area contributed by atoms with Crippen molar-refractivity contribution in [2.75, 3.05) is 40.0 Å². The zero-order valence-electron chi connectivity index (χ0n) is 13.8. The van der Waals surface area contributed by atoms with E-state index in [1.165, 1.54) is 0 Å². The Bertz CT molecular complexity index is 573. The van der Waals surface area contributed by atoms with Gasteiger partial charge in [0.1, 0.15) is 0 Å². The highest BCUT2D eigenvalue weighted by molar-refractivity contribution is 6.30. The van der Waals surface area contributed by atoms with Gasteiger partial charge in [-0.2, -0.15) is 0 Å². The fourth-order valence-corrected chi connectivity index (χ4v) is 3.03. The van der Waals surface area contributed by atoms with Crippen LogP contribution in [0, 0.1) is 0 Å². The van der Waals surface area contributed by atoms with Crippen LogP contribution in [-0.4, -0.2) is 51.8 Å². The number of hydrogen-bond acceptors (Lipinski definition) is 4. The van der Waals surface area contributed by atoms with Crippen molar-refractivity contribution in [2.45, 2.75) is 18.3 Å². The second-order valence-electron chi connectivity index (χ2n) is 5.73. The van der Waals surface area contributed by atoms with Crippen LogP contribution in [0.2, 0.25) is 5.02 Å². The van der Waals surface area contributed by atoms with Crippen molar-refractivity contribution >= 4 is 23.4 Å². The van der Waals surface area contributed by atoms with Crippen molar-refractivity contribution in [1.82, 2.24) is 10.6 Å². The Morgan fingerprint density at radius 3 is 2.71 bits per heavy atom. The molecule has 0 atom stereocenters. The van der Waals surface area contributed by atoms with Gasteiger partial charge in [0, 0.05) is 31.9 Å². The minimum absolute atomic E-state index is 0.0638. The third kappa shape index (κ3) is 4.69. The molecule has 0 radical (unpaired) electrons. The van der Waals surface area contributed by atoms with Gasteiger partial charge in [0.25, 0.3) is 0 Å². The number of benzene rings is 1. The summed E-state index contributed by atoms with van der Waals surface area (Å²) in [6.07, 6.45) is 1.12. The third-order valence-corrected chi connectivity index (χ3v) is 4.43. The summed E-state index contributed by atoms with van der Waals surface area (Å²) in [4.78, 5) is 24.6. The molecular weight excluding hydrogens is 332 g/mol. The van der Waals surface area contributed by atoms with Crippen molar-refractivity contribution < 1.29 is 19.1 Å². The minimum Gasteiger partial charge on any atom is -0.383 e. The first-order chi connectivity index (χ1) is 11.6. The van der Waals surface area contributed by atoms with Gasteiger partial charge in [-0.15, -0.1) is 0 Å². The van der Waals surface area contributed by atoms with Crippen LogP contribution in [-0.2, 0) is 24.5 Å². The van der Waals surface area contributed by atoms with Crippen molar-refractivity contribution in [1.29, 1.82) is 0 Å². The van der Waals surface area contributed by atoms with Gasteiger partial charge >= 0.3 is 0 Å². The summed E-state index contributed by atoms with van der Waals surface area (Å²) in [5.74, 6) is -0.413. The van der Waals surface area contributed by atoms with E-state index in [9.17, 15) is 9.59 Å². The lowest BCUT2D eigenvalue weighted by Crippen LogP contribution is -2.50. The summed E-state index contributed by atoms with van der Waals surface area (Å²) >= 11 is 6.09. The molecule has 2 rings (SSSR count). The van der Waals surface area contributed by atoms with Crippen LogP contribution >= 0.6 is 11.6 Å². The van der Waals surface area contributed by atoms with E-state index in [-0.39, 0.29) is 18.4 Å². The fraction of sp³-hybridized carbons (Fsp3) is 0.529. The van der Waals surface area contributed by atoms with Gasteiger partial charge < -0.3 is 20.1 Å². The normalized spacial score (nSPS) is 16.4. The van der Waals surface area contributed by atoms with Crippen LogP contribution in [0.4, 0.5) is 0 Å². The molecule has 0 saturated carbocycles. The maximum atomic E-state index is 12.9. The number of carbonyl (C=O) groups is 2. The van der Waals surface area contributed by atoms with Gasteiger partial charge in [0.2, 0.25) is 11.8 Å². The average Bonchev–Trinajstić information content (AvgIpc) is 2.60. The number of rotatable bonds is 7. The molecule has 0 unspecified atom stereocenters. The van der Waals surface area contributed by atoms with E-state index < -0.39 is 5.41 Å². The molecule has 1 heterocycles. The Hall–Kier alpha value is -1.63. The molecule has 1 saturated heterocycles. The van der Waals surface area contributed by atoms with E-state index in [1.54, 1.807) is 13.2 Å². The van der Waals surface area contributed by atoms with Crippen LogP contribution < -0.4 is 10.6 Å². The summed E-state index contributed by atoms with van der Waals surface area (Å²) in [7, 11) is 1.56. The Morgan fingerprint density at radius 2 is 2.04 bits per heavy atom. The van der Waals surface area contributed by atoms with Gasteiger partial charge in [0.15, 0.2) is 0 Å². The Kier molecular flexibility index (Phi) is 7.02. The number of ether oxygens (including phenoxy) is 2. The first-order valence-corrected chi connectivity index (χ1v) is 8.34. The molecule has 0 bridgehead atoms. The van der Waals surface area contributed by atoms with Crippen LogP contribution in [0.3, 0.4) is 0 Å². The molecular formula is C17H23ClN2O4. The average molecular weight is 355 g/mol. The van der Waals surface area contributed by atoms with Crippen LogP contribution in [0.25, 0.3) is 0 Å². The molecule has 1 fully saturated rings. The lowest BCUT2D eigenvalue weighted by Gasteiger charge is -2.36. The van der Waals surface area contributed by atoms with Gasteiger partial charge in [-0.3, -0.25) is 9.59 Å². The molecule has 7 heteroatoms. The van der Waals surface area contributed by atoms with Gasteiger partial charge in [-0.1, -0.05) is 23.7 Å². The largest absolute Gasteiger partial charge is 0.383 e. The zero-order chi connectivity index (χ0) is 17.4. The smallest absolute Gasteiger partial charge is 0.239 e. The van der Waals surface area contributed by atoms with Crippen LogP contribution in [0.1, 0.15) is 18.4 Å². The van der Waals surface area contributed by atoms with E-state index in [2.05, 4.69) is 10.6 Å². The monoisotopic (exact) mass is 354 g/mol. The van der Waals surface area contributed by atoms with E-state index in [4.69, 9.17) is 21.1 Å². The molecule has 2 N–H and O–H groups in total. The number of halogens is 1. The second-order valence-corrected chi connectivity index (χ2v) is 6.17. The maximum Gasteiger partial charge on any atom is 0.239 e. The summed E-state index contributed by atoms with van der Waals surface area (Å²) < 4.78 is 10.3. The highest BCUT2D eigenvalue weighted by atomic mass is 35.5. The summed E-state index contributed by atoms with van der Waals surface area (Å²) in [6, 6.07) is 7.32. The lowest BCUT2D eigenvalue weighted by atomic mass is 9.73. The van der Waals surface area contributed by atoms with Gasteiger partial charge in [0.05, 0.1) is 18.6 Å². The Morgan fingerprint density at radius 1 is 1.29 bits per heavy atom. The maximum absolute atomic E-state index is 12.9. The highest BCUT2D eigenvalue weighted by Gasteiger charge is 2.41. The van der Waals surface area contributed by atoms with E-state index in [0.29, 0.717) is 44.2 Å². The molecule has 2 amide bonds. The van der Waals surface area contributed by atoms with Crippen molar-refractivity contribution in [2.24, 2.45) is 0 Å². The molecule has 0 aromatic heterocycles. The van der Waals surface area contributed by atoms with Crippen molar-refractivity contribution in [3.63, 3.8) is 0 Å². The molecule has 24 heavy (non-hydrogen) atoms. The van der Waals surface area contributed by atoms with E-state index in [1.807, 2.05) is 18.2 Å². The first kappa shape index (κ1) is 18.7. The van der Waals surface area contributed by atoms with Crippen LogP contribution in [0.5, 0.6) is 0 Å². The zero-order valence-corrected chi connectivity index (χ0v) is 14.5. The van der Waals surface area contributed by atoms with Gasteiger partial charge in [-0.05, 0) is 30.5 Å². The number of amides is 2. The molecule has 132 valence electrons. The standard InChI is InChI=1S/C17H23ClN2O4/c1-23-10-7-19-15(21)12-20-16(22)17(5-8-24-9-6-17)13-3-2-4-14(18)11-13/h2-4,11H,5-10,12H2,1H3,(H,19,21)(H,20,22). The number of carbonyl (C=O) groups excluding carboxylic acids is 2. The fourth-order valence-electron chi connectivity index (χ4n) is 2.84. The topological polar surface area (TPSA) is 76.7 Å². The Balaban J connectivity index is 2.05.